The highest BCUT2D eigenvalue weighted by molar-refractivity contribution is 6.42. The number of benzene rings is 1. The highest BCUT2D eigenvalue weighted by Gasteiger charge is 2.27. The maximum atomic E-state index is 6.32. The van der Waals surface area contributed by atoms with Crippen molar-refractivity contribution in [1.29, 1.82) is 0 Å². The summed E-state index contributed by atoms with van der Waals surface area (Å²) in [5.41, 5.74) is 1.08. The molecule has 2 rings (SSSR count). The lowest BCUT2D eigenvalue weighted by Gasteiger charge is -2.37. The van der Waals surface area contributed by atoms with Gasteiger partial charge in [0.05, 0.1) is 22.8 Å². The van der Waals surface area contributed by atoms with Gasteiger partial charge in [-0.2, -0.15) is 0 Å². The molecule has 0 aromatic heterocycles. The molecule has 1 aromatic carbocycles. The smallest absolute Gasteiger partial charge is 0.0858 e. The van der Waals surface area contributed by atoms with E-state index in [1.54, 1.807) is 0 Å². The van der Waals surface area contributed by atoms with E-state index in [0.29, 0.717) is 10.0 Å². The molecule has 3 nitrogen and oxygen atoms in total. The third-order valence-corrected chi connectivity index (χ3v) is 4.87. The number of hydrogen-bond acceptors (Lipinski definition) is 3. The van der Waals surface area contributed by atoms with Crippen LogP contribution in [0, 0.1) is 0 Å². The lowest BCUT2D eigenvalue weighted by atomic mass is 9.99. The van der Waals surface area contributed by atoms with Crippen LogP contribution in [0.4, 0.5) is 0 Å². The van der Waals surface area contributed by atoms with Crippen LogP contribution in [0.1, 0.15) is 19.4 Å². The largest absolute Gasteiger partial charge is 0.374 e. The van der Waals surface area contributed by atoms with Gasteiger partial charge in [0, 0.05) is 19.1 Å². The van der Waals surface area contributed by atoms with E-state index in [-0.39, 0.29) is 12.1 Å². The maximum Gasteiger partial charge on any atom is 0.0858 e. The van der Waals surface area contributed by atoms with Crippen LogP contribution in [0.2, 0.25) is 10.0 Å². The molecular weight excluding hydrogens is 307 g/mol. The van der Waals surface area contributed by atoms with Gasteiger partial charge in [-0.25, -0.2) is 0 Å². The fourth-order valence-corrected chi connectivity index (χ4v) is 3.20. The molecule has 0 amide bonds. The van der Waals surface area contributed by atoms with Crippen molar-refractivity contribution in [1.82, 2.24) is 10.2 Å². The van der Waals surface area contributed by atoms with Gasteiger partial charge in [0.25, 0.3) is 0 Å². The average Bonchev–Trinajstić information content (AvgIpc) is 2.51. The van der Waals surface area contributed by atoms with Crippen molar-refractivity contribution < 1.29 is 4.74 Å². The molecule has 1 aliphatic heterocycles. The summed E-state index contributed by atoms with van der Waals surface area (Å²) >= 11 is 12.4. The zero-order valence-electron chi connectivity index (χ0n) is 12.7. The van der Waals surface area contributed by atoms with E-state index in [1.165, 1.54) is 0 Å². The first-order valence-corrected chi connectivity index (χ1v) is 8.41. The normalized spacial score (nSPS) is 21.4. The number of morpholine rings is 1. The fourth-order valence-electron chi connectivity index (χ4n) is 2.80. The first-order chi connectivity index (χ1) is 10.2. The summed E-state index contributed by atoms with van der Waals surface area (Å²) in [7, 11) is 0. The summed E-state index contributed by atoms with van der Waals surface area (Å²) in [6.07, 6.45) is 1.02. The molecule has 118 valence electrons. The topological polar surface area (TPSA) is 24.5 Å². The van der Waals surface area contributed by atoms with E-state index < -0.39 is 0 Å². The van der Waals surface area contributed by atoms with Crippen LogP contribution in [0.25, 0.3) is 0 Å². The molecule has 1 saturated heterocycles. The van der Waals surface area contributed by atoms with Crippen molar-refractivity contribution in [2.45, 2.75) is 32.4 Å². The standard InChI is InChI=1S/C16H24Cl2N2O/c1-3-19-14(15-11-20(4-2)8-9-21-15)10-12-6-5-7-13(17)16(12)18/h5-7,14-15,19H,3-4,8-11H2,1-2H3. The van der Waals surface area contributed by atoms with E-state index in [4.69, 9.17) is 27.9 Å². The SMILES string of the molecule is CCNC(Cc1cccc(Cl)c1Cl)C1CN(CC)CCO1. The van der Waals surface area contributed by atoms with E-state index in [2.05, 4.69) is 24.1 Å². The highest BCUT2D eigenvalue weighted by Crippen LogP contribution is 2.27. The van der Waals surface area contributed by atoms with Crippen LogP contribution in [0.5, 0.6) is 0 Å². The van der Waals surface area contributed by atoms with Crippen LogP contribution in [0.15, 0.2) is 18.2 Å². The Hall–Kier alpha value is -0.320. The zero-order chi connectivity index (χ0) is 15.2. The van der Waals surface area contributed by atoms with E-state index in [9.17, 15) is 0 Å². The molecule has 5 heteroatoms. The quantitative estimate of drug-likeness (QED) is 0.866. The third-order valence-electron chi connectivity index (χ3n) is 4.01. The number of rotatable bonds is 6. The number of hydrogen-bond donors (Lipinski definition) is 1. The minimum Gasteiger partial charge on any atom is -0.374 e. The maximum absolute atomic E-state index is 6.32. The first-order valence-electron chi connectivity index (χ1n) is 7.65. The monoisotopic (exact) mass is 330 g/mol. The van der Waals surface area contributed by atoms with Gasteiger partial charge in [-0.15, -0.1) is 0 Å². The van der Waals surface area contributed by atoms with E-state index in [0.717, 1.165) is 44.8 Å². The minimum atomic E-state index is 0.189. The fraction of sp³-hybridized carbons (Fsp3) is 0.625. The van der Waals surface area contributed by atoms with Gasteiger partial charge in [-0.1, -0.05) is 49.2 Å². The lowest BCUT2D eigenvalue weighted by molar-refractivity contribution is -0.0445. The van der Waals surface area contributed by atoms with Crippen LogP contribution < -0.4 is 5.32 Å². The predicted molar refractivity (Wildman–Crippen MR) is 89.5 cm³/mol. The number of likely N-dealkylation sites (N-methyl/N-ethyl adjacent to an activating group) is 2. The Morgan fingerprint density at radius 3 is 2.90 bits per heavy atom. The summed E-state index contributed by atoms with van der Waals surface area (Å²) in [5, 5.41) is 4.81. The first kappa shape index (κ1) is 17.0. The Morgan fingerprint density at radius 1 is 1.38 bits per heavy atom. The van der Waals surface area contributed by atoms with Gasteiger partial charge >= 0.3 is 0 Å². The molecule has 0 aliphatic carbocycles. The molecule has 0 radical (unpaired) electrons. The van der Waals surface area contributed by atoms with Crippen molar-refractivity contribution in [3.63, 3.8) is 0 Å². The zero-order valence-corrected chi connectivity index (χ0v) is 14.3. The Balaban J connectivity index is 2.09. The third kappa shape index (κ3) is 4.57. The minimum absolute atomic E-state index is 0.189. The molecule has 21 heavy (non-hydrogen) atoms. The van der Waals surface area contributed by atoms with Gasteiger partial charge < -0.3 is 10.1 Å². The van der Waals surface area contributed by atoms with Crippen molar-refractivity contribution >= 4 is 23.2 Å². The van der Waals surface area contributed by atoms with Gasteiger partial charge in [0.2, 0.25) is 0 Å². The van der Waals surface area contributed by atoms with Crippen molar-refractivity contribution in [3.05, 3.63) is 33.8 Å². The summed E-state index contributed by atoms with van der Waals surface area (Å²) in [4.78, 5) is 2.43. The van der Waals surface area contributed by atoms with E-state index >= 15 is 0 Å². The number of nitrogens with one attached hydrogen (secondary N) is 1. The summed E-state index contributed by atoms with van der Waals surface area (Å²) in [5.74, 6) is 0. The number of nitrogens with zero attached hydrogens (tertiary/aromatic N) is 1. The van der Waals surface area contributed by atoms with Crippen LogP contribution >= 0.6 is 23.2 Å². The van der Waals surface area contributed by atoms with Gasteiger partial charge in [-0.3, -0.25) is 4.90 Å². The highest BCUT2D eigenvalue weighted by atomic mass is 35.5. The average molecular weight is 331 g/mol. The van der Waals surface area contributed by atoms with Gasteiger partial charge in [0.1, 0.15) is 0 Å². The predicted octanol–water partition coefficient (Wildman–Crippen LogP) is 3.23. The van der Waals surface area contributed by atoms with Crippen molar-refractivity contribution in [2.24, 2.45) is 0 Å². The molecule has 0 saturated carbocycles. The second-order valence-corrected chi connectivity index (χ2v) is 6.17. The molecule has 0 bridgehead atoms. The van der Waals surface area contributed by atoms with Crippen LogP contribution in [-0.4, -0.2) is 49.8 Å². The Bertz CT molecular complexity index is 456. The summed E-state index contributed by atoms with van der Waals surface area (Å²) in [6.45, 7) is 9.07. The molecule has 2 unspecified atom stereocenters. The number of halogens is 2. The number of ether oxygens (including phenoxy) is 1. The van der Waals surface area contributed by atoms with Gasteiger partial charge in [0.15, 0.2) is 0 Å². The van der Waals surface area contributed by atoms with E-state index in [1.807, 2.05) is 18.2 Å². The Morgan fingerprint density at radius 2 is 2.19 bits per heavy atom. The molecule has 1 aromatic rings. The molecule has 0 spiro atoms. The second-order valence-electron chi connectivity index (χ2n) is 5.38. The molecule has 2 atom stereocenters. The van der Waals surface area contributed by atoms with Crippen molar-refractivity contribution in [3.8, 4) is 0 Å². The Kier molecular flexibility index (Phi) is 6.77. The molecule has 1 heterocycles. The molecular formula is C16H24Cl2N2O. The summed E-state index contributed by atoms with van der Waals surface area (Å²) < 4.78 is 5.99. The molecule has 1 N–H and O–H groups in total. The summed E-state index contributed by atoms with van der Waals surface area (Å²) in [6, 6.07) is 6.07. The van der Waals surface area contributed by atoms with Crippen LogP contribution in [0.3, 0.4) is 0 Å². The van der Waals surface area contributed by atoms with Gasteiger partial charge in [-0.05, 0) is 31.1 Å². The van der Waals surface area contributed by atoms with Crippen molar-refractivity contribution in [2.75, 3.05) is 32.8 Å². The van der Waals surface area contributed by atoms with Crippen LogP contribution in [-0.2, 0) is 11.2 Å². The lowest BCUT2D eigenvalue weighted by Crippen LogP contribution is -2.53. The Labute approximate surface area is 137 Å². The molecule has 1 aliphatic rings. The second kappa shape index (κ2) is 8.35. The molecule has 1 fully saturated rings.